The fourth-order valence-electron chi connectivity index (χ4n) is 3.67. The van der Waals surface area contributed by atoms with Gasteiger partial charge in [0.15, 0.2) is 11.5 Å². The molecule has 2 aromatic rings. The molecule has 0 saturated carbocycles. The molecule has 154 valence electrons. The lowest BCUT2D eigenvalue weighted by atomic mass is 10.1. The summed E-state index contributed by atoms with van der Waals surface area (Å²) in [6.07, 6.45) is 2.71. The van der Waals surface area contributed by atoms with E-state index in [0.717, 1.165) is 24.8 Å². The van der Waals surface area contributed by atoms with Crippen molar-refractivity contribution in [3.8, 4) is 11.5 Å². The first-order valence-electron chi connectivity index (χ1n) is 9.82. The molecule has 8 heteroatoms. The first kappa shape index (κ1) is 19.7. The Bertz CT molecular complexity index is 1000. The van der Waals surface area contributed by atoms with E-state index in [-0.39, 0.29) is 17.0 Å². The normalized spacial score (nSPS) is 17.0. The second-order valence-electron chi connectivity index (χ2n) is 7.08. The zero-order chi connectivity index (χ0) is 20.3. The highest BCUT2D eigenvalue weighted by molar-refractivity contribution is 7.89. The van der Waals surface area contributed by atoms with Crippen molar-refractivity contribution >= 4 is 15.9 Å². The second-order valence-corrected chi connectivity index (χ2v) is 8.99. The molecule has 0 radical (unpaired) electrons. The van der Waals surface area contributed by atoms with Crippen LogP contribution in [0.15, 0.2) is 47.4 Å². The highest BCUT2D eigenvalue weighted by atomic mass is 32.2. The van der Waals surface area contributed by atoms with E-state index in [0.29, 0.717) is 37.8 Å². The van der Waals surface area contributed by atoms with Crippen molar-refractivity contribution in [2.45, 2.75) is 30.7 Å². The summed E-state index contributed by atoms with van der Waals surface area (Å²) in [6, 6.07) is 11.9. The first-order chi connectivity index (χ1) is 14.1. The van der Waals surface area contributed by atoms with Crippen LogP contribution in [-0.4, -0.2) is 44.9 Å². The van der Waals surface area contributed by atoms with Crippen LogP contribution in [0.5, 0.6) is 11.5 Å². The quantitative estimate of drug-likeness (QED) is 0.810. The molecule has 1 amide bonds. The van der Waals surface area contributed by atoms with E-state index >= 15 is 0 Å². The summed E-state index contributed by atoms with van der Waals surface area (Å²) in [7, 11) is -3.71. The monoisotopic (exact) mass is 416 g/mol. The highest BCUT2D eigenvalue weighted by Crippen LogP contribution is 2.33. The maximum atomic E-state index is 13.1. The van der Waals surface area contributed by atoms with E-state index in [9.17, 15) is 13.2 Å². The highest BCUT2D eigenvalue weighted by Gasteiger charge is 2.29. The van der Waals surface area contributed by atoms with Crippen LogP contribution in [0.3, 0.4) is 0 Å². The van der Waals surface area contributed by atoms with Gasteiger partial charge in [-0.05, 0) is 31.0 Å². The zero-order valence-corrected chi connectivity index (χ0v) is 16.9. The molecule has 2 aliphatic heterocycles. The number of fused-ring (bicyclic) bond motifs is 1. The Labute approximate surface area is 170 Å². The molecule has 1 fully saturated rings. The van der Waals surface area contributed by atoms with Crippen molar-refractivity contribution in [3.05, 3.63) is 53.6 Å². The van der Waals surface area contributed by atoms with Crippen molar-refractivity contribution in [2.75, 3.05) is 26.3 Å². The molecule has 1 saturated heterocycles. The van der Waals surface area contributed by atoms with Crippen LogP contribution >= 0.6 is 0 Å². The number of hydrogen-bond donors (Lipinski definition) is 1. The predicted octanol–water partition coefficient (Wildman–Crippen LogP) is 2.56. The summed E-state index contributed by atoms with van der Waals surface area (Å²) in [5.41, 5.74) is 0.937. The van der Waals surface area contributed by atoms with Gasteiger partial charge in [-0.25, -0.2) is 8.42 Å². The lowest BCUT2D eigenvalue weighted by molar-refractivity contribution is 0.0946. The van der Waals surface area contributed by atoms with Gasteiger partial charge in [-0.2, -0.15) is 4.31 Å². The smallest absolute Gasteiger partial charge is 0.252 e. The molecule has 2 aromatic carbocycles. The Hall–Kier alpha value is -2.58. The van der Waals surface area contributed by atoms with E-state index in [1.165, 1.54) is 10.4 Å². The maximum Gasteiger partial charge on any atom is 0.252 e. The first-order valence-corrected chi connectivity index (χ1v) is 11.3. The second kappa shape index (κ2) is 8.42. The summed E-state index contributed by atoms with van der Waals surface area (Å²) in [5.74, 6) is 0.833. The van der Waals surface area contributed by atoms with Crippen molar-refractivity contribution in [2.24, 2.45) is 0 Å². The third kappa shape index (κ3) is 4.09. The number of piperidine rings is 1. The number of benzene rings is 2. The third-order valence-electron chi connectivity index (χ3n) is 5.15. The van der Waals surface area contributed by atoms with Gasteiger partial charge in [0.25, 0.3) is 5.91 Å². The summed E-state index contributed by atoms with van der Waals surface area (Å²) in [4.78, 5) is 12.9. The minimum Gasteiger partial charge on any atom is -0.486 e. The maximum absolute atomic E-state index is 13.1. The molecular weight excluding hydrogens is 392 g/mol. The van der Waals surface area contributed by atoms with Gasteiger partial charge in [0.05, 0.1) is 10.5 Å². The number of ether oxygens (including phenoxy) is 2. The topological polar surface area (TPSA) is 84.9 Å². The number of para-hydroxylation sites is 1. The lowest BCUT2D eigenvalue weighted by Crippen LogP contribution is -2.37. The zero-order valence-electron chi connectivity index (χ0n) is 16.1. The van der Waals surface area contributed by atoms with Gasteiger partial charge in [0.2, 0.25) is 10.0 Å². The van der Waals surface area contributed by atoms with Crippen molar-refractivity contribution in [1.82, 2.24) is 9.62 Å². The van der Waals surface area contributed by atoms with Crippen LogP contribution in [0.2, 0.25) is 0 Å². The Morgan fingerprint density at radius 1 is 0.966 bits per heavy atom. The molecule has 29 heavy (non-hydrogen) atoms. The van der Waals surface area contributed by atoms with Crippen molar-refractivity contribution in [1.29, 1.82) is 0 Å². The number of hydrogen-bond acceptors (Lipinski definition) is 5. The minimum atomic E-state index is -3.71. The Balaban J connectivity index is 1.54. The molecule has 2 aliphatic rings. The number of amides is 1. The van der Waals surface area contributed by atoms with Gasteiger partial charge < -0.3 is 14.8 Å². The molecule has 7 nitrogen and oxygen atoms in total. The molecule has 0 spiro atoms. The van der Waals surface area contributed by atoms with E-state index < -0.39 is 15.9 Å². The molecular formula is C21H24N2O5S. The number of rotatable bonds is 5. The lowest BCUT2D eigenvalue weighted by Gasteiger charge is -2.26. The van der Waals surface area contributed by atoms with Crippen LogP contribution in [0.4, 0.5) is 0 Å². The van der Waals surface area contributed by atoms with Gasteiger partial charge in [0, 0.05) is 25.2 Å². The van der Waals surface area contributed by atoms with Crippen LogP contribution in [0.1, 0.15) is 35.2 Å². The molecule has 2 heterocycles. The van der Waals surface area contributed by atoms with Gasteiger partial charge >= 0.3 is 0 Å². The molecule has 1 N–H and O–H groups in total. The van der Waals surface area contributed by atoms with Gasteiger partial charge in [-0.1, -0.05) is 30.7 Å². The average Bonchev–Trinajstić information content (AvgIpc) is 2.78. The van der Waals surface area contributed by atoms with E-state index in [2.05, 4.69) is 5.32 Å². The molecule has 0 atom stereocenters. The summed E-state index contributed by atoms with van der Waals surface area (Å²) in [5, 5.41) is 2.82. The fourth-order valence-corrected chi connectivity index (χ4v) is 5.37. The number of nitrogens with zero attached hydrogens (tertiary/aromatic N) is 1. The largest absolute Gasteiger partial charge is 0.486 e. The van der Waals surface area contributed by atoms with Gasteiger partial charge in [-0.15, -0.1) is 0 Å². The van der Waals surface area contributed by atoms with Crippen LogP contribution in [0.25, 0.3) is 0 Å². The number of carbonyl (C=O) groups is 1. The summed E-state index contributed by atoms with van der Waals surface area (Å²) in [6.45, 7) is 2.14. The van der Waals surface area contributed by atoms with Crippen molar-refractivity contribution in [3.63, 3.8) is 0 Å². The minimum absolute atomic E-state index is 0.0501. The summed E-state index contributed by atoms with van der Waals surface area (Å²) < 4.78 is 38.9. The standard InChI is InChI=1S/C21H24N2O5S/c24-21(22-15-16-7-6-9-18-20(16)28-14-13-27-18)17-8-2-3-10-19(17)29(25,26)23-11-4-1-5-12-23/h2-3,6-10H,1,4-5,11-15H2,(H,22,24). The average molecular weight is 416 g/mol. The number of sulfonamides is 1. The van der Waals surface area contributed by atoms with Crippen molar-refractivity contribution < 1.29 is 22.7 Å². The number of nitrogens with one attached hydrogen (secondary N) is 1. The molecule has 0 aromatic heterocycles. The molecule has 0 bridgehead atoms. The Morgan fingerprint density at radius 2 is 1.72 bits per heavy atom. The fraction of sp³-hybridized carbons (Fsp3) is 0.381. The van der Waals surface area contributed by atoms with Crippen LogP contribution in [-0.2, 0) is 16.6 Å². The Kier molecular flexibility index (Phi) is 5.73. The van der Waals surface area contributed by atoms with E-state index in [1.54, 1.807) is 18.2 Å². The van der Waals surface area contributed by atoms with Crippen LogP contribution in [0, 0.1) is 0 Å². The predicted molar refractivity (Wildman–Crippen MR) is 108 cm³/mol. The third-order valence-corrected chi connectivity index (χ3v) is 7.11. The summed E-state index contributed by atoms with van der Waals surface area (Å²) >= 11 is 0. The van der Waals surface area contributed by atoms with E-state index in [4.69, 9.17) is 9.47 Å². The molecule has 4 rings (SSSR count). The van der Waals surface area contributed by atoms with E-state index in [1.807, 2.05) is 18.2 Å². The van der Waals surface area contributed by atoms with Crippen LogP contribution < -0.4 is 14.8 Å². The van der Waals surface area contributed by atoms with Gasteiger partial charge in [0.1, 0.15) is 13.2 Å². The molecule has 0 unspecified atom stereocenters. The van der Waals surface area contributed by atoms with Gasteiger partial charge in [-0.3, -0.25) is 4.79 Å². The number of carbonyl (C=O) groups excluding carboxylic acids is 1. The Morgan fingerprint density at radius 3 is 2.55 bits per heavy atom. The molecule has 0 aliphatic carbocycles. The SMILES string of the molecule is O=C(NCc1cccc2c1OCCO2)c1ccccc1S(=O)(=O)N1CCCCC1.